The van der Waals surface area contributed by atoms with Crippen molar-refractivity contribution in [1.29, 1.82) is 0 Å². The lowest BCUT2D eigenvalue weighted by Crippen LogP contribution is -2.41. The molecule has 6 heteroatoms. The first kappa shape index (κ1) is 21.4. The third-order valence-electron chi connectivity index (χ3n) is 6.82. The molecule has 1 atom stereocenters. The number of carbonyl (C=O) groups excluding carboxylic acids is 1. The topological polar surface area (TPSA) is 70.0 Å². The Morgan fingerprint density at radius 1 is 0.943 bits per heavy atom. The van der Waals surface area contributed by atoms with Crippen LogP contribution in [-0.2, 0) is 23.4 Å². The average molecular weight is 467 g/mol. The molecule has 2 aliphatic heterocycles. The molecule has 0 radical (unpaired) electrons. The van der Waals surface area contributed by atoms with Crippen molar-refractivity contribution in [3.05, 3.63) is 113 Å². The maximum atomic E-state index is 14.4. The first-order valence-electron chi connectivity index (χ1n) is 11.4. The van der Waals surface area contributed by atoms with Gasteiger partial charge in [-0.1, -0.05) is 60.7 Å². The third kappa shape index (κ3) is 3.29. The zero-order chi connectivity index (χ0) is 24.2. The zero-order valence-electron chi connectivity index (χ0n) is 18.7. The highest BCUT2D eigenvalue weighted by atomic mass is 19.1. The van der Waals surface area contributed by atoms with E-state index in [2.05, 4.69) is 0 Å². The van der Waals surface area contributed by atoms with E-state index in [-0.39, 0.29) is 29.1 Å². The summed E-state index contributed by atoms with van der Waals surface area (Å²) in [6, 6.07) is 24.4. The van der Waals surface area contributed by atoms with Crippen LogP contribution in [0.4, 0.5) is 10.1 Å². The second-order valence-electron chi connectivity index (χ2n) is 8.86. The van der Waals surface area contributed by atoms with Crippen LogP contribution in [0.15, 0.2) is 84.9 Å². The maximum absolute atomic E-state index is 14.4. The van der Waals surface area contributed by atoms with Gasteiger partial charge < -0.3 is 19.8 Å². The monoisotopic (exact) mass is 467 g/mol. The number of rotatable bonds is 4. The molecule has 4 aromatic rings. The van der Waals surface area contributed by atoms with Gasteiger partial charge in [0, 0.05) is 23.6 Å². The molecule has 0 spiro atoms. The van der Waals surface area contributed by atoms with E-state index < -0.39 is 17.3 Å². The molecule has 35 heavy (non-hydrogen) atoms. The van der Waals surface area contributed by atoms with E-state index in [1.165, 1.54) is 29.2 Å². The Morgan fingerprint density at radius 3 is 2.54 bits per heavy atom. The number of nitrogens with zero attached hydrogens (tertiary/aromatic N) is 1. The average Bonchev–Trinajstić information content (AvgIpc) is 3.41. The molecule has 0 aliphatic carbocycles. The largest absolute Gasteiger partial charge is 0.507 e. The standard InChI is InChI=1S/C29H22FNO4/c30-21-10-11-23-25(15-21)31(17-20-8-4-5-9-22(20)18-6-2-1-3-7-18)28(33)29(23,34)24-14-19-12-13-35-27(19)16-26(24)32/h1-11,14-16,32,34H,12-13,17H2. The number of hydrogen-bond donors (Lipinski definition) is 2. The molecule has 5 nitrogen and oxygen atoms in total. The lowest BCUT2D eigenvalue weighted by Gasteiger charge is -2.25. The first-order chi connectivity index (χ1) is 17.0. The molecule has 0 fully saturated rings. The van der Waals surface area contributed by atoms with E-state index >= 15 is 0 Å². The van der Waals surface area contributed by atoms with Gasteiger partial charge in [0.25, 0.3) is 5.91 Å². The van der Waals surface area contributed by atoms with Gasteiger partial charge in [-0.25, -0.2) is 4.39 Å². The highest BCUT2D eigenvalue weighted by molar-refractivity contribution is 6.09. The minimum absolute atomic E-state index is 0.0680. The molecule has 0 bridgehead atoms. The van der Waals surface area contributed by atoms with E-state index in [1.54, 1.807) is 6.07 Å². The van der Waals surface area contributed by atoms with Crippen LogP contribution in [0.1, 0.15) is 22.3 Å². The number of aromatic hydroxyl groups is 1. The Hall–Kier alpha value is -4.16. The molecule has 2 heterocycles. The minimum Gasteiger partial charge on any atom is -0.507 e. The number of benzene rings is 4. The fourth-order valence-electron chi connectivity index (χ4n) is 5.10. The van der Waals surface area contributed by atoms with Crippen LogP contribution in [0.2, 0.25) is 0 Å². The summed E-state index contributed by atoms with van der Waals surface area (Å²) in [5.74, 6) is -0.875. The molecule has 0 aromatic heterocycles. The summed E-state index contributed by atoms with van der Waals surface area (Å²) in [6.45, 7) is 0.590. The van der Waals surface area contributed by atoms with E-state index in [0.717, 1.165) is 22.3 Å². The molecular formula is C29H22FNO4. The zero-order valence-corrected chi connectivity index (χ0v) is 18.7. The van der Waals surface area contributed by atoms with Crippen molar-refractivity contribution in [3.63, 3.8) is 0 Å². The van der Waals surface area contributed by atoms with Crippen LogP contribution in [0, 0.1) is 5.82 Å². The van der Waals surface area contributed by atoms with Gasteiger partial charge in [0.2, 0.25) is 0 Å². The van der Waals surface area contributed by atoms with Gasteiger partial charge in [-0.3, -0.25) is 4.79 Å². The number of aliphatic hydroxyl groups is 1. The number of phenolic OH excluding ortho intramolecular Hbond substituents is 1. The Morgan fingerprint density at radius 2 is 1.71 bits per heavy atom. The number of fused-ring (bicyclic) bond motifs is 2. The predicted molar refractivity (Wildman–Crippen MR) is 130 cm³/mol. The number of phenols is 1. The van der Waals surface area contributed by atoms with Gasteiger partial charge in [0.15, 0.2) is 5.60 Å². The van der Waals surface area contributed by atoms with Crippen molar-refractivity contribution >= 4 is 11.6 Å². The fraction of sp³-hybridized carbons (Fsp3) is 0.138. The number of amides is 1. The summed E-state index contributed by atoms with van der Waals surface area (Å²) in [5, 5.41) is 22.7. The Bertz CT molecular complexity index is 1470. The predicted octanol–water partition coefficient (Wildman–Crippen LogP) is 4.92. The molecule has 2 N–H and O–H groups in total. The highest BCUT2D eigenvalue weighted by Gasteiger charge is 2.53. The molecule has 1 unspecified atom stereocenters. The van der Waals surface area contributed by atoms with Crippen LogP contribution in [0.3, 0.4) is 0 Å². The van der Waals surface area contributed by atoms with Crippen LogP contribution < -0.4 is 9.64 Å². The SMILES string of the molecule is O=C1N(Cc2ccccc2-c2ccccc2)c2cc(F)ccc2C1(O)c1cc2c(cc1O)OCC2. The van der Waals surface area contributed by atoms with Gasteiger partial charge >= 0.3 is 0 Å². The molecule has 6 rings (SSSR count). The van der Waals surface area contributed by atoms with Gasteiger partial charge in [-0.05, 0) is 40.5 Å². The lowest BCUT2D eigenvalue weighted by atomic mass is 9.85. The summed E-state index contributed by atoms with van der Waals surface area (Å²) in [6.07, 6.45) is 0.608. The number of halogens is 1. The first-order valence-corrected chi connectivity index (χ1v) is 11.4. The summed E-state index contributed by atoms with van der Waals surface area (Å²) in [5.41, 5.74) is 1.98. The van der Waals surface area contributed by atoms with Gasteiger partial charge in [0.05, 0.1) is 18.8 Å². The fourth-order valence-corrected chi connectivity index (χ4v) is 5.10. The highest BCUT2D eigenvalue weighted by Crippen LogP contribution is 2.49. The van der Waals surface area contributed by atoms with Crippen LogP contribution in [0.25, 0.3) is 11.1 Å². The summed E-state index contributed by atoms with van der Waals surface area (Å²) < 4.78 is 19.9. The summed E-state index contributed by atoms with van der Waals surface area (Å²) in [4.78, 5) is 15.3. The molecule has 2 aliphatic rings. The van der Waals surface area contributed by atoms with E-state index in [0.29, 0.717) is 18.8 Å². The van der Waals surface area contributed by atoms with Gasteiger partial charge in [-0.15, -0.1) is 0 Å². The van der Waals surface area contributed by atoms with Gasteiger partial charge in [0.1, 0.15) is 17.3 Å². The number of ether oxygens (including phenoxy) is 1. The Kier molecular flexibility index (Phi) is 4.86. The molecule has 4 aromatic carbocycles. The van der Waals surface area contributed by atoms with Crippen LogP contribution in [-0.4, -0.2) is 22.7 Å². The molecule has 0 saturated carbocycles. The van der Waals surface area contributed by atoms with Crippen LogP contribution in [0.5, 0.6) is 11.5 Å². The molecular weight excluding hydrogens is 445 g/mol. The Labute approximate surface area is 201 Å². The van der Waals surface area contributed by atoms with Crippen molar-refractivity contribution in [2.24, 2.45) is 0 Å². The van der Waals surface area contributed by atoms with Crippen LogP contribution >= 0.6 is 0 Å². The normalized spacial score (nSPS) is 18.3. The van der Waals surface area contributed by atoms with Crippen molar-refractivity contribution in [1.82, 2.24) is 0 Å². The summed E-state index contributed by atoms with van der Waals surface area (Å²) >= 11 is 0. The lowest BCUT2D eigenvalue weighted by molar-refractivity contribution is -0.132. The smallest absolute Gasteiger partial charge is 0.268 e. The van der Waals surface area contributed by atoms with Gasteiger partial charge in [-0.2, -0.15) is 0 Å². The van der Waals surface area contributed by atoms with E-state index in [4.69, 9.17) is 4.74 Å². The van der Waals surface area contributed by atoms with Crippen molar-refractivity contribution in [3.8, 4) is 22.6 Å². The van der Waals surface area contributed by atoms with E-state index in [9.17, 15) is 19.4 Å². The second-order valence-corrected chi connectivity index (χ2v) is 8.86. The number of hydrogen-bond acceptors (Lipinski definition) is 4. The Balaban J connectivity index is 1.48. The molecule has 0 saturated heterocycles. The summed E-state index contributed by atoms with van der Waals surface area (Å²) in [7, 11) is 0. The number of carbonyl (C=O) groups is 1. The number of anilines is 1. The maximum Gasteiger partial charge on any atom is 0.268 e. The van der Waals surface area contributed by atoms with E-state index in [1.807, 2.05) is 54.6 Å². The van der Waals surface area contributed by atoms with Crippen molar-refractivity contribution in [2.45, 2.75) is 18.6 Å². The molecule has 174 valence electrons. The minimum atomic E-state index is -2.16. The van der Waals surface area contributed by atoms with Crippen molar-refractivity contribution in [2.75, 3.05) is 11.5 Å². The molecule has 1 amide bonds. The van der Waals surface area contributed by atoms with Crippen molar-refractivity contribution < 1.29 is 24.1 Å². The third-order valence-corrected chi connectivity index (χ3v) is 6.82. The second kappa shape index (κ2) is 7.96. The quantitative estimate of drug-likeness (QED) is 0.447.